The number of ether oxygens (including phenoxy) is 1. The summed E-state index contributed by atoms with van der Waals surface area (Å²) in [5.41, 5.74) is 0.813. The third-order valence-electron chi connectivity index (χ3n) is 6.33. The van der Waals surface area contributed by atoms with Gasteiger partial charge in [-0.15, -0.1) is 0 Å². The third-order valence-corrected chi connectivity index (χ3v) is 6.33. The highest BCUT2D eigenvalue weighted by Crippen LogP contribution is 2.33. The summed E-state index contributed by atoms with van der Waals surface area (Å²) in [4.78, 5) is 52.0. The summed E-state index contributed by atoms with van der Waals surface area (Å²) < 4.78 is 19.0. The van der Waals surface area contributed by atoms with E-state index in [1.165, 1.54) is 12.1 Å². The fourth-order valence-electron chi connectivity index (χ4n) is 4.69. The van der Waals surface area contributed by atoms with Crippen LogP contribution in [0, 0.1) is 5.82 Å². The lowest BCUT2D eigenvalue weighted by molar-refractivity contribution is -0.162. The van der Waals surface area contributed by atoms with Crippen LogP contribution in [0.3, 0.4) is 0 Å². The van der Waals surface area contributed by atoms with Crippen molar-refractivity contribution in [1.29, 1.82) is 0 Å². The number of nitrogens with zero attached hydrogens (tertiary/aromatic N) is 2. The van der Waals surface area contributed by atoms with Gasteiger partial charge in [0.1, 0.15) is 17.9 Å². The molecule has 172 valence electrons. The topological polar surface area (TPSA) is 116 Å². The summed E-state index contributed by atoms with van der Waals surface area (Å²) in [7, 11) is 0. The molecule has 3 saturated heterocycles. The molecule has 32 heavy (non-hydrogen) atoms. The van der Waals surface area contributed by atoms with Gasteiger partial charge in [-0.3, -0.25) is 19.2 Å². The molecule has 4 unspecified atom stereocenters. The molecule has 3 heterocycles. The summed E-state index contributed by atoms with van der Waals surface area (Å²) in [6.45, 7) is 0.951. The largest absolute Gasteiger partial charge is 0.481 e. The third kappa shape index (κ3) is 4.74. The van der Waals surface area contributed by atoms with E-state index in [2.05, 4.69) is 5.32 Å². The number of hydrogen-bond donors (Lipinski definition) is 2. The quantitative estimate of drug-likeness (QED) is 0.635. The molecule has 3 aliphatic rings. The molecule has 0 radical (unpaired) electrons. The minimum Gasteiger partial charge on any atom is -0.481 e. The Kier molecular flexibility index (Phi) is 6.40. The summed E-state index contributed by atoms with van der Waals surface area (Å²) in [6, 6.07) is 4.54. The average Bonchev–Trinajstić information content (AvgIpc) is 3.20. The van der Waals surface area contributed by atoms with Gasteiger partial charge in [0.2, 0.25) is 17.7 Å². The number of benzene rings is 1. The van der Waals surface area contributed by atoms with Crippen molar-refractivity contribution in [3.05, 3.63) is 35.6 Å². The molecule has 1 aromatic rings. The molecule has 9 nitrogen and oxygen atoms in total. The zero-order chi connectivity index (χ0) is 22.8. The molecule has 0 spiro atoms. The van der Waals surface area contributed by atoms with Crippen LogP contribution >= 0.6 is 0 Å². The van der Waals surface area contributed by atoms with Gasteiger partial charge in [-0.2, -0.15) is 0 Å². The first kappa shape index (κ1) is 22.2. The fourth-order valence-corrected chi connectivity index (χ4v) is 4.69. The number of carbonyl (C=O) groups is 4. The Bertz CT molecular complexity index is 907. The van der Waals surface area contributed by atoms with E-state index in [9.17, 15) is 23.6 Å². The molecule has 3 aliphatic heterocycles. The number of carboxylic acids is 1. The Morgan fingerprint density at radius 3 is 2.47 bits per heavy atom. The Balaban J connectivity index is 1.34. The van der Waals surface area contributed by atoms with E-state index in [0.717, 1.165) is 5.56 Å². The summed E-state index contributed by atoms with van der Waals surface area (Å²) in [6.07, 6.45) is 0.601. The van der Waals surface area contributed by atoms with E-state index in [1.807, 2.05) is 0 Å². The second-order valence-electron chi connectivity index (χ2n) is 8.53. The van der Waals surface area contributed by atoms with Gasteiger partial charge in [-0.05, 0) is 30.5 Å². The SMILES string of the molecule is O=C(O)CCC(=O)NC1CCN2C(=O)C3CC(OCc4ccc(F)cc4)CN3C(=O)C2C1. The van der Waals surface area contributed by atoms with Crippen molar-refractivity contribution in [2.75, 3.05) is 13.1 Å². The maximum Gasteiger partial charge on any atom is 0.303 e. The monoisotopic (exact) mass is 447 g/mol. The molecule has 0 aromatic heterocycles. The number of aliphatic carboxylic acids is 1. The van der Waals surface area contributed by atoms with Crippen molar-refractivity contribution in [1.82, 2.24) is 15.1 Å². The molecule has 10 heteroatoms. The number of fused-ring (bicyclic) bond motifs is 2. The lowest BCUT2D eigenvalue weighted by Crippen LogP contribution is -2.66. The van der Waals surface area contributed by atoms with E-state index in [4.69, 9.17) is 9.84 Å². The zero-order valence-corrected chi connectivity index (χ0v) is 17.5. The second kappa shape index (κ2) is 9.23. The number of rotatable bonds is 7. The van der Waals surface area contributed by atoms with E-state index >= 15 is 0 Å². The zero-order valence-electron chi connectivity index (χ0n) is 17.5. The minimum absolute atomic E-state index is 0.0989. The van der Waals surface area contributed by atoms with Crippen LogP contribution in [0.25, 0.3) is 0 Å². The molecule has 1 aromatic carbocycles. The molecule has 4 rings (SSSR count). The smallest absolute Gasteiger partial charge is 0.303 e. The number of piperidine rings is 1. The lowest BCUT2D eigenvalue weighted by atomic mass is 9.92. The first-order valence-electron chi connectivity index (χ1n) is 10.8. The molecule has 2 N–H and O–H groups in total. The maximum absolute atomic E-state index is 13.1. The van der Waals surface area contributed by atoms with Gasteiger partial charge in [0.05, 0.1) is 19.1 Å². The molecule has 0 saturated carbocycles. The molecule has 3 amide bonds. The van der Waals surface area contributed by atoms with Crippen LogP contribution in [0.1, 0.15) is 37.7 Å². The van der Waals surface area contributed by atoms with Gasteiger partial charge in [-0.1, -0.05) is 12.1 Å². The number of nitrogens with one attached hydrogen (secondary N) is 1. The van der Waals surface area contributed by atoms with Gasteiger partial charge in [0, 0.05) is 32.0 Å². The van der Waals surface area contributed by atoms with Gasteiger partial charge < -0.3 is 25.0 Å². The van der Waals surface area contributed by atoms with Gasteiger partial charge in [0.25, 0.3) is 0 Å². The van der Waals surface area contributed by atoms with E-state index < -0.39 is 18.1 Å². The van der Waals surface area contributed by atoms with Crippen LogP contribution in [-0.2, 0) is 30.5 Å². The van der Waals surface area contributed by atoms with Crippen molar-refractivity contribution >= 4 is 23.7 Å². The number of carbonyl (C=O) groups excluding carboxylic acids is 3. The summed E-state index contributed by atoms with van der Waals surface area (Å²) >= 11 is 0. The first-order chi connectivity index (χ1) is 15.3. The highest BCUT2D eigenvalue weighted by molar-refractivity contribution is 5.98. The van der Waals surface area contributed by atoms with Crippen molar-refractivity contribution in [2.45, 2.75) is 62.9 Å². The lowest BCUT2D eigenvalue weighted by Gasteiger charge is -2.46. The van der Waals surface area contributed by atoms with Crippen molar-refractivity contribution in [3.8, 4) is 0 Å². The number of carboxylic acid groups (broad SMARTS) is 1. The van der Waals surface area contributed by atoms with Crippen LogP contribution in [0.4, 0.5) is 4.39 Å². The standard InChI is InChI=1S/C22H26FN3O6/c23-14-3-1-13(2-4-14)12-32-16-10-18-21(30)25-8-7-15(24-19(27)5-6-20(28)29)9-17(25)22(31)26(18)11-16/h1-4,15-18H,5-12H2,(H,24,27)(H,28,29). The van der Waals surface area contributed by atoms with E-state index in [0.29, 0.717) is 32.4 Å². The predicted octanol–water partition coefficient (Wildman–Crippen LogP) is 0.666. The van der Waals surface area contributed by atoms with Crippen LogP contribution in [0.2, 0.25) is 0 Å². The first-order valence-corrected chi connectivity index (χ1v) is 10.8. The second-order valence-corrected chi connectivity index (χ2v) is 8.53. The predicted molar refractivity (Wildman–Crippen MR) is 109 cm³/mol. The highest BCUT2D eigenvalue weighted by atomic mass is 19.1. The Morgan fingerprint density at radius 2 is 1.75 bits per heavy atom. The molecule has 4 atom stereocenters. The Morgan fingerprint density at radius 1 is 1.06 bits per heavy atom. The minimum atomic E-state index is -1.04. The van der Waals surface area contributed by atoms with Gasteiger partial charge >= 0.3 is 5.97 Å². The summed E-state index contributed by atoms with van der Waals surface area (Å²) in [5.74, 6) is -1.98. The Labute approximate surface area is 184 Å². The molecule has 0 bridgehead atoms. The normalized spacial score (nSPS) is 27.2. The number of piperazine rings is 1. The van der Waals surface area contributed by atoms with Crippen LogP contribution in [-0.4, -0.2) is 75.9 Å². The maximum atomic E-state index is 13.1. The number of hydrogen-bond acceptors (Lipinski definition) is 5. The number of amides is 3. The van der Waals surface area contributed by atoms with E-state index in [1.54, 1.807) is 21.9 Å². The molecular weight excluding hydrogens is 421 g/mol. The Hall–Kier alpha value is -3.01. The van der Waals surface area contributed by atoms with Crippen molar-refractivity contribution in [3.63, 3.8) is 0 Å². The molecule has 0 aliphatic carbocycles. The van der Waals surface area contributed by atoms with E-state index in [-0.39, 0.29) is 55.1 Å². The van der Waals surface area contributed by atoms with Gasteiger partial charge in [-0.25, -0.2) is 4.39 Å². The van der Waals surface area contributed by atoms with Crippen molar-refractivity contribution in [2.24, 2.45) is 0 Å². The highest BCUT2D eigenvalue weighted by Gasteiger charge is 2.52. The molecular formula is C22H26FN3O6. The molecule has 3 fully saturated rings. The van der Waals surface area contributed by atoms with Crippen LogP contribution in [0.5, 0.6) is 0 Å². The van der Waals surface area contributed by atoms with Crippen LogP contribution in [0.15, 0.2) is 24.3 Å². The van der Waals surface area contributed by atoms with Crippen molar-refractivity contribution < 1.29 is 33.4 Å². The van der Waals surface area contributed by atoms with Gasteiger partial charge in [0.15, 0.2) is 0 Å². The number of halogens is 1. The van der Waals surface area contributed by atoms with Crippen LogP contribution < -0.4 is 5.32 Å². The average molecular weight is 447 g/mol. The fraction of sp³-hybridized carbons (Fsp3) is 0.545. The summed E-state index contributed by atoms with van der Waals surface area (Å²) in [5, 5.41) is 11.5.